The third-order valence-corrected chi connectivity index (χ3v) is 5.46. The number of amides is 1. The fourth-order valence-corrected chi connectivity index (χ4v) is 3.85. The molecule has 160 valence electrons. The molecule has 5 rings (SSSR count). The van der Waals surface area contributed by atoms with Crippen LogP contribution in [0.5, 0.6) is 0 Å². The lowest BCUT2D eigenvalue weighted by Crippen LogP contribution is -2.24. The minimum absolute atomic E-state index is 0.129. The van der Waals surface area contributed by atoms with E-state index in [1.165, 1.54) is 0 Å². The van der Waals surface area contributed by atoms with E-state index >= 15 is 0 Å². The fourth-order valence-electron chi connectivity index (χ4n) is 3.85. The molecule has 0 aliphatic carbocycles. The monoisotopic (exact) mass is 429 g/mol. The van der Waals surface area contributed by atoms with Crippen LogP contribution in [0.2, 0.25) is 0 Å². The molecule has 0 spiro atoms. The first kappa shape index (κ1) is 20.3. The summed E-state index contributed by atoms with van der Waals surface area (Å²) >= 11 is 0. The Bertz CT molecular complexity index is 1370. The average Bonchev–Trinajstić information content (AvgIpc) is 2.89. The second-order valence-electron chi connectivity index (χ2n) is 7.65. The summed E-state index contributed by atoms with van der Waals surface area (Å²) in [4.78, 5) is 12.8. The number of fused-ring (bicyclic) bond motifs is 1. The number of nitrogens with zero attached hydrogens (tertiary/aromatic N) is 1. The lowest BCUT2D eigenvalue weighted by Gasteiger charge is -2.28. The van der Waals surface area contributed by atoms with Crippen molar-refractivity contribution in [2.75, 3.05) is 15.8 Å². The molecule has 0 unspecified atom stereocenters. The summed E-state index contributed by atoms with van der Waals surface area (Å²) in [6, 6.07) is 41.6. The maximum atomic E-state index is 12.8. The maximum absolute atomic E-state index is 12.8. The van der Waals surface area contributed by atoms with Gasteiger partial charge in [-0.1, -0.05) is 78.9 Å². The van der Waals surface area contributed by atoms with Crippen LogP contribution in [-0.4, -0.2) is 5.91 Å². The maximum Gasteiger partial charge on any atom is 0.255 e. The summed E-state index contributed by atoms with van der Waals surface area (Å²) in [6.07, 6.45) is 0. The van der Waals surface area contributed by atoms with Crippen molar-refractivity contribution >= 4 is 39.4 Å². The number of benzene rings is 5. The van der Waals surface area contributed by atoms with Gasteiger partial charge in [0.1, 0.15) is 0 Å². The van der Waals surface area contributed by atoms with Crippen LogP contribution in [0.3, 0.4) is 0 Å². The van der Waals surface area contributed by atoms with Crippen LogP contribution < -0.4 is 15.8 Å². The Kier molecular flexibility index (Phi) is 5.72. The molecule has 2 N–H and O–H groups in total. The molecule has 0 bridgehead atoms. The van der Waals surface area contributed by atoms with Gasteiger partial charge in [-0.3, -0.25) is 15.2 Å². The molecule has 0 radical (unpaired) electrons. The molecular weight excluding hydrogens is 406 g/mol. The molecule has 0 saturated carbocycles. The van der Waals surface area contributed by atoms with E-state index in [2.05, 4.69) is 34.0 Å². The molecule has 5 aromatic carbocycles. The van der Waals surface area contributed by atoms with Crippen molar-refractivity contribution in [1.82, 2.24) is 0 Å². The van der Waals surface area contributed by atoms with E-state index in [0.29, 0.717) is 5.56 Å². The molecule has 0 aliphatic heterocycles. The smallest absolute Gasteiger partial charge is 0.255 e. The van der Waals surface area contributed by atoms with Gasteiger partial charge in [-0.05, 0) is 48.5 Å². The van der Waals surface area contributed by atoms with Gasteiger partial charge in [-0.15, -0.1) is 0 Å². The summed E-state index contributed by atoms with van der Waals surface area (Å²) in [5.41, 5.74) is 7.91. The number of anilines is 4. The Labute approximate surface area is 193 Å². The van der Waals surface area contributed by atoms with Gasteiger partial charge in [0, 0.05) is 22.0 Å². The first-order chi connectivity index (χ1) is 16.3. The minimum atomic E-state index is -0.129. The number of para-hydroxylation sites is 2. The van der Waals surface area contributed by atoms with Gasteiger partial charge in [0.2, 0.25) is 0 Å². The molecule has 0 heterocycles. The van der Waals surface area contributed by atoms with E-state index in [0.717, 1.165) is 33.5 Å². The van der Waals surface area contributed by atoms with E-state index < -0.39 is 0 Å². The Morgan fingerprint density at radius 3 is 1.85 bits per heavy atom. The number of rotatable bonds is 6. The molecule has 0 aromatic heterocycles. The van der Waals surface area contributed by atoms with Gasteiger partial charge in [0.15, 0.2) is 0 Å². The SMILES string of the molecule is O=C(Nc1ccc(N(Nc2ccccc2)c2ccccc2)c2ccccc12)c1ccccc1. The highest BCUT2D eigenvalue weighted by Gasteiger charge is 2.16. The van der Waals surface area contributed by atoms with Crippen molar-refractivity contribution in [3.05, 3.63) is 133 Å². The Morgan fingerprint density at radius 1 is 0.576 bits per heavy atom. The Hall–Kier alpha value is -4.57. The molecule has 33 heavy (non-hydrogen) atoms. The van der Waals surface area contributed by atoms with E-state index in [1.54, 1.807) is 0 Å². The van der Waals surface area contributed by atoms with Crippen LogP contribution in [0.4, 0.5) is 22.7 Å². The molecule has 0 aliphatic rings. The van der Waals surface area contributed by atoms with Crippen LogP contribution in [0.15, 0.2) is 127 Å². The number of hydrazine groups is 1. The molecule has 4 heteroatoms. The predicted octanol–water partition coefficient (Wildman–Crippen LogP) is 7.26. The van der Waals surface area contributed by atoms with Crippen LogP contribution in [-0.2, 0) is 0 Å². The van der Waals surface area contributed by atoms with Crippen LogP contribution >= 0.6 is 0 Å². The zero-order chi connectivity index (χ0) is 22.5. The zero-order valence-corrected chi connectivity index (χ0v) is 18.0. The lowest BCUT2D eigenvalue weighted by atomic mass is 10.1. The highest BCUT2D eigenvalue weighted by atomic mass is 16.1. The molecule has 4 nitrogen and oxygen atoms in total. The number of carbonyl (C=O) groups excluding carboxylic acids is 1. The molecule has 0 atom stereocenters. The van der Waals surface area contributed by atoms with E-state index in [9.17, 15) is 4.79 Å². The van der Waals surface area contributed by atoms with E-state index in [1.807, 2.05) is 109 Å². The first-order valence-corrected chi connectivity index (χ1v) is 10.8. The lowest BCUT2D eigenvalue weighted by molar-refractivity contribution is 0.102. The molecule has 5 aromatic rings. The number of carbonyl (C=O) groups is 1. The van der Waals surface area contributed by atoms with Crippen LogP contribution in [0, 0.1) is 0 Å². The number of hydrogen-bond donors (Lipinski definition) is 2. The average molecular weight is 430 g/mol. The van der Waals surface area contributed by atoms with Crippen molar-refractivity contribution in [3.8, 4) is 0 Å². The molecule has 1 amide bonds. The van der Waals surface area contributed by atoms with Gasteiger partial charge in [0.05, 0.1) is 17.1 Å². The van der Waals surface area contributed by atoms with Crippen molar-refractivity contribution < 1.29 is 4.79 Å². The van der Waals surface area contributed by atoms with Crippen molar-refractivity contribution in [3.63, 3.8) is 0 Å². The molecular formula is C29H23N3O. The second-order valence-corrected chi connectivity index (χ2v) is 7.65. The highest BCUT2D eigenvalue weighted by Crippen LogP contribution is 2.36. The summed E-state index contributed by atoms with van der Waals surface area (Å²) in [5.74, 6) is -0.129. The molecule has 0 saturated heterocycles. The van der Waals surface area contributed by atoms with Crippen LogP contribution in [0.1, 0.15) is 10.4 Å². The van der Waals surface area contributed by atoms with Gasteiger partial charge in [-0.25, -0.2) is 0 Å². The summed E-state index contributed by atoms with van der Waals surface area (Å²) in [6.45, 7) is 0. The second kappa shape index (κ2) is 9.28. The van der Waals surface area contributed by atoms with E-state index in [4.69, 9.17) is 0 Å². The first-order valence-electron chi connectivity index (χ1n) is 10.8. The predicted molar refractivity (Wildman–Crippen MR) is 137 cm³/mol. The largest absolute Gasteiger partial charge is 0.321 e. The summed E-state index contributed by atoms with van der Waals surface area (Å²) < 4.78 is 0. The topological polar surface area (TPSA) is 44.4 Å². The van der Waals surface area contributed by atoms with Crippen molar-refractivity contribution in [1.29, 1.82) is 0 Å². The van der Waals surface area contributed by atoms with Gasteiger partial charge in [0.25, 0.3) is 5.91 Å². The summed E-state index contributed by atoms with van der Waals surface area (Å²) in [5, 5.41) is 7.14. The number of nitrogens with one attached hydrogen (secondary N) is 2. The van der Waals surface area contributed by atoms with Gasteiger partial charge >= 0.3 is 0 Å². The van der Waals surface area contributed by atoms with Crippen molar-refractivity contribution in [2.24, 2.45) is 0 Å². The van der Waals surface area contributed by atoms with Crippen LogP contribution in [0.25, 0.3) is 10.8 Å². The third-order valence-electron chi connectivity index (χ3n) is 5.46. The Morgan fingerprint density at radius 2 is 1.15 bits per heavy atom. The van der Waals surface area contributed by atoms with Gasteiger partial charge < -0.3 is 5.32 Å². The fraction of sp³-hybridized carbons (Fsp3) is 0. The quantitative estimate of drug-likeness (QED) is 0.279. The number of hydrogen-bond acceptors (Lipinski definition) is 3. The Balaban J connectivity index is 1.58. The normalized spacial score (nSPS) is 10.5. The summed E-state index contributed by atoms with van der Waals surface area (Å²) in [7, 11) is 0. The highest BCUT2D eigenvalue weighted by molar-refractivity contribution is 6.11. The molecule has 0 fully saturated rings. The van der Waals surface area contributed by atoms with E-state index in [-0.39, 0.29) is 5.91 Å². The van der Waals surface area contributed by atoms with Gasteiger partial charge in [-0.2, -0.15) is 0 Å². The zero-order valence-electron chi connectivity index (χ0n) is 18.0. The standard InChI is InChI=1S/C29H23N3O/c33-29(22-12-4-1-5-13-22)30-27-20-21-28(26-19-11-10-18-25(26)27)32(24-16-8-3-9-17-24)31-23-14-6-2-7-15-23/h1-21,31H,(H,30,33). The minimum Gasteiger partial charge on any atom is -0.321 e. The third kappa shape index (κ3) is 4.41. The van der Waals surface area contributed by atoms with Crippen molar-refractivity contribution in [2.45, 2.75) is 0 Å².